The van der Waals surface area contributed by atoms with E-state index in [0.717, 1.165) is 15.6 Å². The van der Waals surface area contributed by atoms with Crippen molar-refractivity contribution >= 4 is 39.7 Å². The lowest BCUT2D eigenvalue weighted by atomic mass is 10.2. The number of nitrogens with one attached hydrogen (secondary N) is 1. The number of carbonyl (C=O) groups is 1. The van der Waals surface area contributed by atoms with Crippen LogP contribution in [0.1, 0.15) is 21.5 Å². The number of halogens is 2. The molecule has 0 spiro atoms. The Morgan fingerprint density at radius 1 is 1.07 bits per heavy atom. The maximum absolute atomic E-state index is 12.1. The molecule has 3 aromatic carbocycles. The molecule has 27 heavy (non-hydrogen) atoms. The number of nitrogens with zero attached hydrogens (tertiary/aromatic N) is 1. The van der Waals surface area contributed by atoms with Crippen LogP contribution in [0.3, 0.4) is 0 Å². The Bertz CT molecular complexity index is 944. The van der Waals surface area contributed by atoms with Gasteiger partial charge in [0.2, 0.25) is 0 Å². The topological polar surface area (TPSA) is 50.7 Å². The Balaban J connectivity index is 1.68. The van der Waals surface area contributed by atoms with Crippen LogP contribution in [0.25, 0.3) is 0 Å². The van der Waals surface area contributed by atoms with E-state index >= 15 is 0 Å². The molecule has 1 N–H and O–H groups in total. The lowest BCUT2D eigenvalue weighted by molar-refractivity contribution is 0.0955. The second kappa shape index (κ2) is 9.35. The number of benzene rings is 3. The molecule has 0 bridgehead atoms. The van der Waals surface area contributed by atoms with Crippen molar-refractivity contribution in [1.82, 2.24) is 5.43 Å². The number of rotatable bonds is 6. The zero-order chi connectivity index (χ0) is 19.1. The first-order chi connectivity index (χ1) is 13.1. The standard InChI is InChI=1S/C21H16BrClN2O2/c22-18-8-11-20(27-14-15-4-2-1-3-5-15)17(12-18)13-24-25-21(26)16-6-9-19(23)10-7-16/h1-13H,14H2,(H,25,26)/b24-13-. The summed E-state index contributed by atoms with van der Waals surface area (Å²) in [4.78, 5) is 12.1. The van der Waals surface area contributed by atoms with E-state index in [1.54, 1.807) is 30.5 Å². The monoisotopic (exact) mass is 442 g/mol. The number of ether oxygens (including phenoxy) is 1. The molecule has 0 heterocycles. The minimum atomic E-state index is -0.315. The molecule has 3 aromatic rings. The Morgan fingerprint density at radius 2 is 1.81 bits per heavy atom. The Labute approximate surface area is 171 Å². The molecular weight excluding hydrogens is 428 g/mol. The first kappa shape index (κ1) is 19.1. The lowest BCUT2D eigenvalue weighted by Crippen LogP contribution is -2.17. The summed E-state index contributed by atoms with van der Waals surface area (Å²) in [5.41, 5.74) is 4.80. The van der Waals surface area contributed by atoms with Gasteiger partial charge in [0.1, 0.15) is 12.4 Å². The van der Waals surface area contributed by atoms with Crippen molar-refractivity contribution in [2.75, 3.05) is 0 Å². The first-order valence-electron chi connectivity index (χ1n) is 8.17. The lowest BCUT2D eigenvalue weighted by Gasteiger charge is -2.09. The van der Waals surface area contributed by atoms with Gasteiger partial charge in [-0.15, -0.1) is 0 Å². The van der Waals surface area contributed by atoms with Gasteiger partial charge in [-0.1, -0.05) is 57.9 Å². The Morgan fingerprint density at radius 3 is 2.56 bits per heavy atom. The molecule has 0 atom stereocenters. The second-order valence-electron chi connectivity index (χ2n) is 5.66. The van der Waals surface area contributed by atoms with Crippen LogP contribution in [0.5, 0.6) is 5.75 Å². The van der Waals surface area contributed by atoms with Crippen LogP contribution in [0.2, 0.25) is 5.02 Å². The largest absolute Gasteiger partial charge is 0.488 e. The summed E-state index contributed by atoms with van der Waals surface area (Å²) in [5, 5.41) is 4.61. The van der Waals surface area contributed by atoms with E-state index < -0.39 is 0 Å². The van der Waals surface area contributed by atoms with Crippen LogP contribution in [0.15, 0.2) is 82.4 Å². The van der Waals surface area contributed by atoms with Gasteiger partial charge < -0.3 is 4.74 Å². The predicted octanol–water partition coefficient (Wildman–Crippen LogP) is 5.45. The van der Waals surface area contributed by atoms with Gasteiger partial charge >= 0.3 is 0 Å². The predicted molar refractivity (Wildman–Crippen MR) is 111 cm³/mol. The third-order valence-corrected chi connectivity index (χ3v) is 4.43. The Kier molecular flexibility index (Phi) is 6.63. The molecule has 4 nitrogen and oxygen atoms in total. The van der Waals surface area contributed by atoms with Crippen LogP contribution >= 0.6 is 27.5 Å². The van der Waals surface area contributed by atoms with E-state index in [9.17, 15) is 4.79 Å². The van der Waals surface area contributed by atoms with Crippen LogP contribution in [-0.4, -0.2) is 12.1 Å². The number of amides is 1. The van der Waals surface area contributed by atoms with Gasteiger partial charge in [0.25, 0.3) is 5.91 Å². The molecule has 0 aliphatic carbocycles. The average molecular weight is 444 g/mol. The van der Waals surface area contributed by atoms with Gasteiger partial charge in [0.15, 0.2) is 0 Å². The minimum Gasteiger partial charge on any atom is -0.488 e. The quantitative estimate of drug-likeness (QED) is 0.407. The number of hydrazone groups is 1. The molecule has 1 amide bonds. The van der Waals surface area contributed by atoms with E-state index in [2.05, 4.69) is 26.5 Å². The van der Waals surface area contributed by atoms with Crippen LogP contribution in [-0.2, 0) is 6.61 Å². The summed E-state index contributed by atoms with van der Waals surface area (Å²) < 4.78 is 6.78. The molecule has 136 valence electrons. The highest BCUT2D eigenvalue weighted by molar-refractivity contribution is 9.10. The fourth-order valence-corrected chi connectivity index (χ4v) is 2.82. The number of carbonyl (C=O) groups excluding carboxylic acids is 1. The third-order valence-electron chi connectivity index (χ3n) is 3.69. The van der Waals surface area contributed by atoms with Gasteiger partial charge in [-0.2, -0.15) is 5.10 Å². The molecule has 0 fully saturated rings. The van der Waals surface area contributed by atoms with E-state index in [-0.39, 0.29) is 5.91 Å². The average Bonchev–Trinajstić information content (AvgIpc) is 2.68. The highest BCUT2D eigenvalue weighted by Gasteiger charge is 2.06. The molecule has 0 aliphatic rings. The van der Waals surface area contributed by atoms with Crippen molar-refractivity contribution < 1.29 is 9.53 Å². The highest BCUT2D eigenvalue weighted by atomic mass is 79.9. The number of hydrogen-bond donors (Lipinski definition) is 1. The van der Waals surface area contributed by atoms with E-state index in [4.69, 9.17) is 16.3 Å². The summed E-state index contributed by atoms with van der Waals surface area (Å²) >= 11 is 9.27. The minimum absolute atomic E-state index is 0.315. The third kappa shape index (κ3) is 5.67. The van der Waals surface area contributed by atoms with Gasteiger partial charge in [0.05, 0.1) is 6.21 Å². The summed E-state index contributed by atoms with van der Waals surface area (Å²) in [5.74, 6) is 0.358. The summed E-state index contributed by atoms with van der Waals surface area (Å²) in [6.45, 7) is 0.445. The normalized spacial score (nSPS) is 10.7. The van der Waals surface area contributed by atoms with Gasteiger partial charge in [0, 0.05) is 20.6 Å². The number of hydrogen-bond acceptors (Lipinski definition) is 3. The van der Waals surface area contributed by atoms with E-state index in [1.165, 1.54) is 0 Å². The molecule has 6 heteroatoms. The SMILES string of the molecule is O=C(N/N=C\c1cc(Br)ccc1OCc1ccccc1)c1ccc(Cl)cc1. The van der Waals surface area contributed by atoms with Crippen molar-refractivity contribution in [1.29, 1.82) is 0 Å². The molecule has 0 radical (unpaired) electrons. The van der Waals surface area contributed by atoms with Gasteiger partial charge in [-0.05, 0) is 48.0 Å². The molecule has 0 aliphatic heterocycles. The Hall–Kier alpha value is -2.63. The van der Waals surface area contributed by atoms with Crippen LogP contribution in [0.4, 0.5) is 0 Å². The van der Waals surface area contributed by atoms with Crippen LogP contribution < -0.4 is 10.2 Å². The van der Waals surface area contributed by atoms with Crippen molar-refractivity contribution in [3.8, 4) is 5.75 Å². The van der Waals surface area contributed by atoms with Crippen LogP contribution in [0, 0.1) is 0 Å². The fraction of sp³-hybridized carbons (Fsp3) is 0.0476. The molecule has 3 rings (SSSR count). The fourth-order valence-electron chi connectivity index (χ4n) is 2.31. The zero-order valence-electron chi connectivity index (χ0n) is 14.2. The highest BCUT2D eigenvalue weighted by Crippen LogP contribution is 2.23. The van der Waals surface area contributed by atoms with E-state index in [1.807, 2.05) is 48.5 Å². The maximum Gasteiger partial charge on any atom is 0.271 e. The van der Waals surface area contributed by atoms with Crippen molar-refractivity contribution in [3.63, 3.8) is 0 Å². The molecule has 0 aromatic heterocycles. The van der Waals surface area contributed by atoms with Gasteiger partial charge in [-0.3, -0.25) is 4.79 Å². The molecule has 0 saturated heterocycles. The molecular formula is C21H16BrClN2O2. The van der Waals surface area contributed by atoms with Gasteiger partial charge in [-0.25, -0.2) is 5.43 Å². The second-order valence-corrected chi connectivity index (χ2v) is 7.01. The first-order valence-corrected chi connectivity index (χ1v) is 9.34. The summed E-state index contributed by atoms with van der Waals surface area (Å²) in [6, 6.07) is 22.1. The van der Waals surface area contributed by atoms with Crippen molar-refractivity contribution in [2.45, 2.75) is 6.61 Å². The van der Waals surface area contributed by atoms with Crippen molar-refractivity contribution in [3.05, 3.63) is 99.0 Å². The van der Waals surface area contributed by atoms with E-state index in [0.29, 0.717) is 22.9 Å². The molecule has 0 unspecified atom stereocenters. The van der Waals surface area contributed by atoms with Crippen molar-refractivity contribution in [2.24, 2.45) is 5.10 Å². The summed E-state index contributed by atoms with van der Waals surface area (Å²) in [6.07, 6.45) is 1.55. The smallest absolute Gasteiger partial charge is 0.271 e. The maximum atomic E-state index is 12.1. The summed E-state index contributed by atoms with van der Waals surface area (Å²) in [7, 11) is 0. The molecule has 0 saturated carbocycles. The zero-order valence-corrected chi connectivity index (χ0v) is 16.6.